The van der Waals surface area contributed by atoms with Gasteiger partial charge in [0.1, 0.15) is 0 Å². The molecule has 0 saturated carbocycles. The summed E-state index contributed by atoms with van der Waals surface area (Å²) in [5.74, 6) is 1.06. The van der Waals surface area contributed by atoms with E-state index in [1.165, 1.54) is 18.2 Å². The third-order valence-electron chi connectivity index (χ3n) is 3.02. The molecule has 108 valence electrons. The summed E-state index contributed by atoms with van der Waals surface area (Å²) in [6.45, 7) is 0. The fourth-order valence-electron chi connectivity index (χ4n) is 1.94. The molecule has 7 heteroatoms. The number of carbonyl (C=O) groups is 2. The molecular formula is C13H15ClN2O3S. The Morgan fingerprint density at radius 2 is 2.00 bits per heavy atom. The van der Waals surface area contributed by atoms with Crippen LogP contribution in [-0.2, 0) is 0 Å². The second kappa shape index (κ2) is 6.85. The number of urea groups is 1. The minimum Gasteiger partial charge on any atom is -0.478 e. The number of aromatic carboxylic acids is 1. The zero-order chi connectivity index (χ0) is 14.5. The lowest BCUT2D eigenvalue weighted by molar-refractivity contribution is 0.0697. The van der Waals surface area contributed by atoms with E-state index < -0.39 is 5.97 Å². The summed E-state index contributed by atoms with van der Waals surface area (Å²) in [5.41, 5.74) is 0.490. The highest BCUT2D eigenvalue weighted by Crippen LogP contribution is 2.23. The maximum absolute atomic E-state index is 11.8. The van der Waals surface area contributed by atoms with Gasteiger partial charge in [-0.05, 0) is 42.5 Å². The van der Waals surface area contributed by atoms with Crippen molar-refractivity contribution in [3.8, 4) is 0 Å². The van der Waals surface area contributed by atoms with Crippen LogP contribution in [0.5, 0.6) is 0 Å². The smallest absolute Gasteiger partial charge is 0.335 e. The topological polar surface area (TPSA) is 78.4 Å². The van der Waals surface area contributed by atoms with Gasteiger partial charge in [-0.3, -0.25) is 0 Å². The summed E-state index contributed by atoms with van der Waals surface area (Å²) in [5, 5.41) is 14.6. The van der Waals surface area contributed by atoms with Crippen LogP contribution < -0.4 is 10.6 Å². The molecule has 1 saturated heterocycles. The van der Waals surface area contributed by atoms with E-state index in [2.05, 4.69) is 10.6 Å². The van der Waals surface area contributed by atoms with Crippen LogP contribution >= 0.6 is 23.4 Å². The summed E-state index contributed by atoms with van der Waals surface area (Å²) in [6.07, 6.45) is 1.92. The van der Waals surface area contributed by atoms with Crippen molar-refractivity contribution in [2.24, 2.45) is 0 Å². The van der Waals surface area contributed by atoms with Gasteiger partial charge in [0.2, 0.25) is 0 Å². The molecule has 5 nitrogen and oxygen atoms in total. The molecule has 1 heterocycles. The Morgan fingerprint density at radius 1 is 1.30 bits per heavy atom. The van der Waals surface area contributed by atoms with E-state index in [-0.39, 0.29) is 22.7 Å². The van der Waals surface area contributed by atoms with Crippen LogP contribution in [0.1, 0.15) is 23.2 Å². The molecule has 0 unspecified atom stereocenters. The van der Waals surface area contributed by atoms with Crippen molar-refractivity contribution >= 4 is 41.1 Å². The monoisotopic (exact) mass is 314 g/mol. The number of thioether (sulfide) groups is 1. The van der Waals surface area contributed by atoms with E-state index in [4.69, 9.17) is 16.7 Å². The lowest BCUT2D eigenvalue weighted by Crippen LogP contribution is -2.40. The van der Waals surface area contributed by atoms with Gasteiger partial charge in [-0.1, -0.05) is 11.6 Å². The number of carboxylic acids is 1. The van der Waals surface area contributed by atoms with E-state index in [1.54, 1.807) is 0 Å². The number of halogens is 1. The van der Waals surface area contributed by atoms with Gasteiger partial charge in [-0.2, -0.15) is 11.8 Å². The molecule has 1 aromatic rings. The predicted molar refractivity (Wildman–Crippen MR) is 80.9 cm³/mol. The molecular weight excluding hydrogens is 300 g/mol. The molecule has 0 aliphatic carbocycles. The van der Waals surface area contributed by atoms with Crippen molar-refractivity contribution < 1.29 is 14.7 Å². The molecule has 1 fully saturated rings. The minimum absolute atomic E-state index is 0.0882. The molecule has 0 bridgehead atoms. The Bertz CT molecular complexity index is 518. The average molecular weight is 315 g/mol. The Hall–Kier alpha value is -1.40. The quantitative estimate of drug-likeness (QED) is 0.801. The third-order valence-corrected chi connectivity index (χ3v) is 4.38. The molecule has 20 heavy (non-hydrogen) atoms. The second-order valence-electron chi connectivity index (χ2n) is 4.48. The summed E-state index contributed by atoms with van der Waals surface area (Å²) >= 11 is 7.84. The molecule has 1 aromatic carbocycles. The Morgan fingerprint density at radius 3 is 2.60 bits per heavy atom. The summed E-state index contributed by atoms with van der Waals surface area (Å²) in [7, 11) is 0. The number of hydrogen-bond donors (Lipinski definition) is 3. The molecule has 0 atom stereocenters. The van der Waals surface area contributed by atoms with Crippen molar-refractivity contribution in [1.82, 2.24) is 5.32 Å². The molecule has 0 spiro atoms. The number of anilines is 1. The lowest BCUT2D eigenvalue weighted by Gasteiger charge is -2.22. The SMILES string of the molecule is O=C(Nc1ccc(C(=O)O)cc1Cl)NC1CCSCC1. The largest absolute Gasteiger partial charge is 0.478 e. The van der Waals surface area contributed by atoms with Crippen LogP contribution in [0.15, 0.2) is 18.2 Å². The molecule has 0 radical (unpaired) electrons. The maximum Gasteiger partial charge on any atom is 0.335 e. The minimum atomic E-state index is -1.05. The first-order chi connectivity index (χ1) is 9.56. The lowest BCUT2D eigenvalue weighted by atomic mass is 10.1. The van der Waals surface area contributed by atoms with Gasteiger partial charge < -0.3 is 15.7 Å². The molecule has 1 aliphatic rings. The summed E-state index contributed by atoms with van der Waals surface area (Å²) in [4.78, 5) is 22.6. The second-order valence-corrected chi connectivity index (χ2v) is 6.12. The zero-order valence-corrected chi connectivity index (χ0v) is 12.3. The first kappa shape index (κ1) is 15.0. The Labute approximate surface area is 126 Å². The van der Waals surface area contributed by atoms with Crippen molar-refractivity contribution in [1.29, 1.82) is 0 Å². The molecule has 2 rings (SSSR count). The van der Waals surface area contributed by atoms with Crippen LogP contribution in [0.2, 0.25) is 5.02 Å². The van der Waals surface area contributed by atoms with Crippen LogP contribution in [0, 0.1) is 0 Å². The fraction of sp³-hybridized carbons (Fsp3) is 0.385. The Kier molecular flexibility index (Phi) is 5.14. The van der Waals surface area contributed by atoms with Gasteiger partial charge in [0.25, 0.3) is 0 Å². The van der Waals surface area contributed by atoms with Gasteiger partial charge >= 0.3 is 12.0 Å². The van der Waals surface area contributed by atoms with Gasteiger partial charge in [0, 0.05) is 6.04 Å². The van der Waals surface area contributed by atoms with Crippen molar-refractivity contribution in [3.05, 3.63) is 28.8 Å². The van der Waals surface area contributed by atoms with Crippen LogP contribution in [-0.4, -0.2) is 34.7 Å². The highest BCUT2D eigenvalue weighted by Gasteiger charge is 2.16. The van der Waals surface area contributed by atoms with E-state index in [9.17, 15) is 9.59 Å². The average Bonchev–Trinajstić information content (AvgIpc) is 2.42. The van der Waals surface area contributed by atoms with E-state index in [0.29, 0.717) is 5.69 Å². The highest BCUT2D eigenvalue weighted by atomic mass is 35.5. The maximum atomic E-state index is 11.8. The number of benzene rings is 1. The number of carboxylic acid groups (broad SMARTS) is 1. The highest BCUT2D eigenvalue weighted by molar-refractivity contribution is 7.99. The van der Waals surface area contributed by atoms with Crippen LogP contribution in [0.4, 0.5) is 10.5 Å². The number of rotatable bonds is 3. The van der Waals surface area contributed by atoms with Crippen molar-refractivity contribution in [3.63, 3.8) is 0 Å². The van der Waals surface area contributed by atoms with Crippen LogP contribution in [0.3, 0.4) is 0 Å². The number of nitrogens with one attached hydrogen (secondary N) is 2. The fourth-order valence-corrected chi connectivity index (χ4v) is 3.27. The van der Waals surface area contributed by atoms with Crippen LogP contribution in [0.25, 0.3) is 0 Å². The Balaban J connectivity index is 1.95. The predicted octanol–water partition coefficient (Wildman–Crippen LogP) is 3.06. The number of hydrogen-bond acceptors (Lipinski definition) is 3. The first-order valence-electron chi connectivity index (χ1n) is 6.24. The van der Waals surface area contributed by atoms with E-state index in [0.717, 1.165) is 24.3 Å². The third kappa shape index (κ3) is 4.05. The standard InChI is InChI=1S/C13H15ClN2O3S/c14-10-7-8(12(17)18)1-2-11(10)16-13(19)15-9-3-5-20-6-4-9/h1-2,7,9H,3-6H2,(H,17,18)(H2,15,16,19). The van der Waals surface area contributed by atoms with Gasteiger partial charge in [0.05, 0.1) is 16.3 Å². The van der Waals surface area contributed by atoms with Crippen molar-refractivity contribution in [2.45, 2.75) is 18.9 Å². The van der Waals surface area contributed by atoms with Gasteiger partial charge in [-0.25, -0.2) is 9.59 Å². The molecule has 0 aromatic heterocycles. The molecule has 1 aliphatic heterocycles. The molecule has 3 N–H and O–H groups in total. The van der Waals surface area contributed by atoms with Crippen molar-refractivity contribution in [2.75, 3.05) is 16.8 Å². The number of carbonyl (C=O) groups excluding carboxylic acids is 1. The van der Waals surface area contributed by atoms with E-state index in [1.807, 2.05) is 11.8 Å². The normalized spacial score (nSPS) is 15.7. The summed E-state index contributed by atoms with van der Waals surface area (Å²) in [6, 6.07) is 4.08. The van der Waals surface area contributed by atoms with Gasteiger partial charge in [0.15, 0.2) is 0 Å². The zero-order valence-electron chi connectivity index (χ0n) is 10.7. The van der Waals surface area contributed by atoms with Gasteiger partial charge in [-0.15, -0.1) is 0 Å². The summed E-state index contributed by atoms with van der Waals surface area (Å²) < 4.78 is 0. The first-order valence-corrected chi connectivity index (χ1v) is 7.77. The molecule has 2 amide bonds. The number of amides is 2. The van der Waals surface area contributed by atoms with E-state index >= 15 is 0 Å².